The summed E-state index contributed by atoms with van der Waals surface area (Å²) in [6.45, 7) is 0. The Labute approximate surface area is 150 Å². The van der Waals surface area contributed by atoms with Gasteiger partial charge >= 0.3 is 12.4 Å². The smallest absolute Gasteiger partial charge is 0.405 e. The van der Waals surface area contributed by atoms with Crippen molar-refractivity contribution in [2.45, 2.75) is 6.36 Å². The Bertz CT molecular complexity index is 925. The standard InChI is InChI=1S/C17H12F4N4O2/c18-10-1-3-11(4-2-10)23-16(26)24-12-5-6-15(27-17(19,20)21)13(9-12)14-7-8-22-25-14/h1-9H,(H,22,25)(H2,23,24,26). The molecule has 1 heterocycles. The highest BCUT2D eigenvalue weighted by atomic mass is 19.4. The van der Waals surface area contributed by atoms with Crippen molar-refractivity contribution >= 4 is 17.4 Å². The van der Waals surface area contributed by atoms with Crippen molar-refractivity contribution in [2.75, 3.05) is 10.6 Å². The fourth-order valence-electron chi connectivity index (χ4n) is 2.26. The molecule has 0 atom stereocenters. The maximum atomic E-state index is 12.9. The van der Waals surface area contributed by atoms with Crippen LogP contribution in [0.4, 0.5) is 33.7 Å². The molecule has 2 amide bonds. The molecule has 0 aliphatic rings. The van der Waals surface area contributed by atoms with E-state index < -0.39 is 24.0 Å². The number of H-pyrrole nitrogens is 1. The summed E-state index contributed by atoms with van der Waals surface area (Å²) in [5.74, 6) is -0.901. The van der Waals surface area contributed by atoms with Gasteiger partial charge in [0, 0.05) is 23.1 Å². The third-order valence-corrected chi connectivity index (χ3v) is 3.36. The topological polar surface area (TPSA) is 79.0 Å². The predicted molar refractivity (Wildman–Crippen MR) is 89.7 cm³/mol. The lowest BCUT2D eigenvalue weighted by atomic mass is 10.1. The Kier molecular flexibility index (Phi) is 4.97. The number of nitrogens with one attached hydrogen (secondary N) is 3. The quantitative estimate of drug-likeness (QED) is 0.571. The molecule has 0 unspecified atom stereocenters. The summed E-state index contributed by atoms with van der Waals surface area (Å²) in [7, 11) is 0. The minimum Gasteiger partial charge on any atom is -0.405 e. The second-order valence-corrected chi connectivity index (χ2v) is 5.32. The average molecular weight is 380 g/mol. The fraction of sp³-hybridized carbons (Fsp3) is 0.0588. The number of halogens is 4. The van der Waals surface area contributed by atoms with Crippen molar-refractivity contribution in [1.29, 1.82) is 0 Å². The number of amides is 2. The lowest BCUT2D eigenvalue weighted by Gasteiger charge is -2.14. The van der Waals surface area contributed by atoms with Gasteiger partial charge in [-0.2, -0.15) is 5.10 Å². The first-order chi connectivity index (χ1) is 12.8. The number of aromatic nitrogens is 2. The number of rotatable bonds is 4. The summed E-state index contributed by atoms with van der Waals surface area (Å²) in [4.78, 5) is 12.0. The van der Waals surface area contributed by atoms with Gasteiger partial charge in [-0.15, -0.1) is 13.2 Å². The molecule has 3 rings (SSSR count). The number of ether oxygens (including phenoxy) is 1. The lowest BCUT2D eigenvalue weighted by Crippen LogP contribution is -2.20. The zero-order valence-corrected chi connectivity index (χ0v) is 13.5. The van der Waals surface area contributed by atoms with Crippen molar-refractivity contribution in [2.24, 2.45) is 0 Å². The van der Waals surface area contributed by atoms with Gasteiger partial charge in [0.1, 0.15) is 11.6 Å². The summed E-state index contributed by atoms with van der Waals surface area (Å²) in [6.07, 6.45) is -3.50. The van der Waals surface area contributed by atoms with Crippen LogP contribution in [0.1, 0.15) is 0 Å². The molecule has 10 heteroatoms. The maximum absolute atomic E-state index is 12.9. The predicted octanol–water partition coefficient (Wildman–Crippen LogP) is 4.76. The number of hydrogen-bond acceptors (Lipinski definition) is 3. The molecule has 1 aromatic heterocycles. The molecule has 0 saturated carbocycles. The number of carbonyl (C=O) groups is 1. The van der Waals surface area contributed by atoms with Crippen molar-refractivity contribution in [1.82, 2.24) is 10.2 Å². The Morgan fingerprint density at radius 3 is 2.30 bits per heavy atom. The Morgan fingerprint density at radius 2 is 1.67 bits per heavy atom. The molecule has 0 fully saturated rings. The van der Waals surface area contributed by atoms with Crippen molar-refractivity contribution in [3.63, 3.8) is 0 Å². The van der Waals surface area contributed by atoms with Gasteiger partial charge in [-0.25, -0.2) is 9.18 Å². The third-order valence-electron chi connectivity index (χ3n) is 3.36. The van der Waals surface area contributed by atoms with Gasteiger partial charge in [0.15, 0.2) is 0 Å². The molecule has 0 aliphatic carbocycles. The lowest BCUT2D eigenvalue weighted by molar-refractivity contribution is -0.274. The van der Waals surface area contributed by atoms with Crippen LogP contribution in [-0.2, 0) is 0 Å². The van der Waals surface area contributed by atoms with Gasteiger partial charge in [-0.1, -0.05) is 0 Å². The molecule has 3 N–H and O–H groups in total. The number of aromatic amines is 1. The third kappa shape index (κ3) is 4.97. The van der Waals surface area contributed by atoms with E-state index in [9.17, 15) is 22.4 Å². The zero-order chi connectivity index (χ0) is 19.4. The molecule has 0 bridgehead atoms. The largest absolute Gasteiger partial charge is 0.573 e. The van der Waals surface area contributed by atoms with E-state index >= 15 is 0 Å². The summed E-state index contributed by atoms with van der Waals surface area (Å²) >= 11 is 0. The molecule has 0 aliphatic heterocycles. The molecular weight excluding hydrogens is 368 g/mol. The van der Waals surface area contributed by atoms with Crippen LogP contribution in [-0.4, -0.2) is 22.6 Å². The molecule has 6 nitrogen and oxygen atoms in total. The number of carbonyl (C=O) groups excluding carboxylic acids is 1. The fourth-order valence-corrected chi connectivity index (χ4v) is 2.26. The first kappa shape index (κ1) is 18.2. The van der Waals surface area contributed by atoms with Gasteiger partial charge in [-0.05, 0) is 48.5 Å². The minimum absolute atomic E-state index is 0.0596. The molecule has 0 radical (unpaired) electrons. The number of hydrogen-bond donors (Lipinski definition) is 3. The summed E-state index contributed by atoms with van der Waals surface area (Å²) in [6, 6.07) is 9.53. The molecule has 2 aromatic carbocycles. The maximum Gasteiger partial charge on any atom is 0.573 e. The highest BCUT2D eigenvalue weighted by Gasteiger charge is 2.32. The number of benzene rings is 2. The van der Waals surface area contributed by atoms with Gasteiger partial charge in [0.2, 0.25) is 0 Å². The molecule has 3 aromatic rings. The molecular formula is C17H12F4N4O2. The van der Waals surface area contributed by atoms with Crippen LogP contribution in [0.3, 0.4) is 0 Å². The first-order valence-electron chi connectivity index (χ1n) is 7.53. The van der Waals surface area contributed by atoms with Crippen LogP contribution in [0.5, 0.6) is 5.75 Å². The summed E-state index contributed by atoms with van der Waals surface area (Å²) in [5, 5.41) is 11.2. The second kappa shape index (κ2) is 7.36. The molecule has 140 valence electrons. The van der Waals surface area contributed by atoms with E-state index in [4.69, 9.17) is 0 Å². The Hall–Kier alpha value is -3.56. The highest BCUT2D eigenvalue weighted by molar-refractivity contribution is 6.00. The van der Waals surface area contributed by atoms with Gasteiger partial charge < -0.3 is 15.4 Å². The normalized spacial score (nSPS) is 11.1. The van der Waals surface area contributed by atoms with E-state index in [2.05, 4.69) is 25.6 Å². The van der Waals surface area contributed by atoms with E-state index in [-0.39, 0.29) is 16.9 Å². The number of urea groups is 1. The molecule has 27 heavy (non-hydrogen) atoms. The minimum atomic E-state index is -4.87. The van der Waals surface area contributed by atoms with Crippen molar-refractivity contribution in [3.8, 4) is 17.0 Å². The van der Waals surface area contributed by atoms with E-state index in [0.717, 1.165) is 6.07 Å². The second-order valence-electron chi connectivity index (χ2n) is 5.32. The summed E-state index contributed by atoms with van der Waals surface area (Å²) in [5.41, 5.74) is 0.898. The van der Waals surface area contributed by atoms with E-state index in [1.165, 1.54) is 48.7 Å². The molecule has 0 spiro atoms. The SMILES string of the molecule is O=C(Nc1ccc(F)cc1)Nc1ccc(OC(F)(F)F)c(-c2ccn[nH]2)c1. The van der Waals surface area contributed by atoms with Crippen LogP contribution in [0.25, 0.3) is 11.3 Å². The zero-order valence-electron chi connectivity index (χ0n) is 13.5. The highest BCUT2D eigenvalue weighted by Crippen LogP contribution is 2.35. The van der Waals surface area contributed by atoms with E-state index in [0.29, 0.717) is 5.69 Å². The van der Waals surface area contributed by atoms with Crippen LogP contribution in [0, 0.1) is 5.82 Å². The average Bonchev–Trinajstić information content (AvgIpc) is 3.11. The monoisotopic (exact) mass is 380 g/mol. The van der Waals surface area contributed by atoms with Gasteiger partial charge in [0.05, 0.1) is 5.69 Å². The van der Waals surface area contributed by atoms with E-state index in [1.807, 2.05) is 0 Å². The van der Waals surface area contributed by atoms with Crippen LogP contribution < -0.4 is 15.4 Å². The number of nitrogens with zero attached hydrogens (tertiary/aromatic N) is 1. The summed E-state index contributed by atoms with van der Waals surface area (Å²) < 4.78 is 54.7. The van der Waals surface area contributed by atoms with Gasteiger partial charge in [-0.3, -0.25) is 5.10 Å². The van der Waals surface area contributed by atoms with Crippen molar-refractivity contribution < 1.29 is 27.1 Å². The van der Waals surface area contributed by atoms with Gasteiger partial charge in [0.25, 0.3) is 0 Å². The number of alkyl halides is 3. The van der Waals surface area contributed by atoms with Crippen LogP contribution >= 0.6 is 0 Å². The Balaban J connectivity index is 1.80. The first-order valence-corrected chi connectivity index (χ1v) is 7.53. The van der Waals surface area contributed by atoms with Crippen molar-refractivity contribution in [3.05, 3.63) is 60.5 Å². The van der Waals surface area contributed by atoms with Crippen LogP contribution in [0.15, 0.2) is 54.7 Å². The van der Waals surface area contributed by atoms with E-state index in [1.54, 1.807) is 0 Å². The van der Waals surface area contributed by atoms with Crippen LogP contribution in [0.2, 0.25) is 0 Å². The molecule has 0 saturated heterocycles. The Morgan fingerprint density at radius 1 is 1.00 bits per heavy atom. The number of anilines is 2.